The standard InChI is InChI=1S/C17H14FN3O2.C13H12FN3.C4H3BrClN3.I2.HI/c1-10(2)13-8-14(11-4-6-12(18)7-5-11)20-21-9-15(17(22)23-3)19-16(13)21;1-8(2)11-7-12(16-17-13(11)15)9-3-5-10(14)6-4-9;5-2-1-3(6)8-9-4(2)7;1-2;/h4-9H,1H2,2-3H3;3-7H,1H2,2H3,(H2,15,17);1H,(H2,7,9);;1H. The van der Waals surface area contributed by atoms with Crippen LogP contribution < -0.4 is 11.5 Å². The average Bonchev–Trinajstić information content (AvgIpc) is 3.56. The SMILES string of the molecule is C=C(C)c1cc(-c2ccc(F)cc2)nn2cc(C(=O)OC)nc12.C=C(C)c1cc(-c2ccc(F)cc2)nnc1N.I.II.Nc1nnc(Cl)cc1Br. The molecule has 6 rings (SSSR count). The predicted molar refractivity (Wildman–Crippen MR) is 234 cm³/mol. The Labute approximate surface area is 352 Å². The van der Waals surface area contributed by atoms with Gasteiger partial charge in [-0.15, -0.1) is 44.4 Å². The molecule has 2 aromatic carbocycles. The average molecular weight is 1130 g/mol. The third-order valence-electron chi connectivity index (χ3n) is 6.59. The first kappa shape index (κ1) is 44.7. The zero-order valence-electron chi connectivity index (χ0n) is 27.6. The molecule has 18 heteroatoms. The molecule has 272 valence electrons. The van der Waals surface area contributed by atoms with E-state index in [-0.39, 0.29) is 41.3 Å². The van der Waals surface area contributed by atoms with Crippen LogP contribution in [0.1, 0.15) is 35.5 Å². The number of anilines is 2. The molecule has 0 fully saturated rings. The van der Waals surface area contributed by atoms with Gasteiger partial charge in [0.25, 0.3) is 0 Å². The first-order valence-electron chi connectivity index (χ1n) is 14.3. The molecule has 0 aliphatic heterocycles. The number of hydrogen-bond donors (Lipinski definition) is 2. The number of ether oxygens (including phenoxy) is 1. The number of esters is 1. The van der Waals surface area contributed by atoms with Crippen molar-refractivity contribution in [1.29, 1.82) is 0 Å². The topological polar surface area (TPSA) is 160 Å². The molecule has 0 aliphatic rings. The molecular formula is C34H30BrClF2I3N9O2. The van der Waals surface area contributed by atoms with Crippen molar-refractivity contribution in [2.24, 2.45) is 0 Å². The lowest BCUT2D eigenvalue weighted by molar-refractivity contribution is 0.0594. The molecule has 0 spiro atoms. The van der Waals surface area contributed by atoms with Gasteiger partial charge in [-0.2, -0.15) is 5.10 Å². The van der Waals surface area contributed by atoms with Crippen molar-refractivity contribution >= 4 is 123 Å². The molecule has 6 aromatic rings. The Balaban J connectivity index is 0.000000284. The molecule has 52 heavy (non-hydrogen) atoms. The molecule has 0 unspecified atom stereocenters. The summed E-state index contributed by atoms with van der Waals surface area (Å²) in [7, 11) is 1.30. The van der Waals surface area contributed by atoms with Gasteiger partial charge in [-0.25, -0.2) is 23.1 Å². The molecule has 11 nitrogen and oxygen atoms in total. The summed E-state index contributed by atoms with van der Waals surface area (Å²) in [5, 5.41) is 19.7. The molecule has 0 amide bonds. The van der Waals surface area contributed by atoms with Crippen LogP contribution in [0, 0.1) is 11.6 Å². The van der Waals surface area contributed by atoms with E-state index in [1.54, 1.807) is 36.4 Å². The van der Waals surface area contributed by atoms with Gasteiger partial charge in [0.15, 0.2) is 28.1 Å². The minimum atomic E-state index is -0.536. The number of benzene rings is 2. The monoisotopic (exact) mass is 1130 g/mol. The molecule has 0 atom stereocenters. The van der Waals surface area contributed by atoms with Crippen LogP contribution >= 0.6 is 88.7 Å². The minimum Gasteiger partial charge on any atom is -0.464 e. The van der Waals surface area contributed by atoms with Gasteiger partial charge in [0, 0.05) is 59.5 Å². The third kappa shape index (κ3) is 12.3. The molecule has 0 aliphatic carbocycles. The van der Waals surface area contributed by atoms with Gasteiger partial charge in [-0.3, -0.25) is 0 Å². The lowest BCUT2D eigenvalue weighted by Crippen LogP contribution is -2.00. The first-order chi connectivity index (χ1) is 24.3. The number of aromatic nitrogens is 7. The van der Waals surface area contributed by atoms with E-state index >= 15 is 0 Å². The van der Waals surface area contributed by atoms with Crippen LogP contribution in [-0.4, -0.2) is 48.1 Å². The molecule has 4 heterocycles. The Hall–Kier alpha value is -3.41. The van der Waals surface area contributed by atoms with E-state index in [2.05, 4.69) is 102 Å². The van der Waals surface area contributed by atoms with Gasteiger partial charge < -0.3 is 16.2 Å². The number of methoxy groups -OCH3 is 1. The van der Waals surface area contributed by atoms with Crippen LogP contribution in [0.4, 0.5) is 20.4 Å². The zero-order chi connectivity index (χ0) is 37.8. The lowest BCUT2D eigenvalue weighted by Gasteiger charge is -2.07. The maximum absolute atomic E-state index is 13.1. The summed E-state index contributed by atoms with van der Waals surface area (Å²) in [6.45, 7) is 11.5. The van der Waals surface area contributed by atoms with E-state index in [1.807, 2.05) is 19.9 Å². The van der Waals surface area contributed by atoms with Crippen LogP contribution in [0.3, 0.4) is 0 Å². The number of nitrogens with zero attached hydrogens (tertiary/aromatic N) is 7. The van der Waals surface area contributed by atoms with Gasteiger partial charge in [0.05, 0.1) is 29.2 Å². The van der Waals surface area contributed by atoms with E-state index in [0.29, 0.717) is 38.3 Å². The molecule has 0 saturated heterocycles. The number of rotatable bonds is 5. The van der Waals surface area contributed by atoms with Crippen molar-refractivity contribution in [3.05, 3.63) is 124 Å². The number of nitrogens with two attached hydrogens (primary N) is 2. The number of carbonyl (C=O) groups is 1. The lowest BCUT2D eigenvalue weighted by atomic mass is 10.1. The number of imidazole rings is 1. The van der Waals surface area contributed by atoms with Crippen LogP contribution in [0.25, 0.3) is 39.3 Å². The third-order valence-corrected chi connectivity index (χ3v) is 7.41. The second-order valence-electron chi connectivity index (χ2n) is 10.3. The van der Waals surface area contributed by atoms with Crippen LogP contribution in [0.15, 0.2) is 90.6 Å². The Morgan fingerprint density at radius 1 is 0.827 bits per heavy atom. The summed E-state index contributed by atoms with van der Waals surface area (Å²) < 4.78 is 32.8. The summed E-state index contributed by atoms with van der Waals surface area (Å²) in [4.78, 5) is 15.9. The summed E-state index contributed by atoms with van der Waals surface area (Å²) >= 11 is 12.8. The van der Waals surface area contributed by atoms with E-state index in [9.17, 15) is 13.6 Å². The van der Waals surface area contributed by atoms with Gasteiger partial charge >= 0.3 is 5.97 Å². The van der Waals surface area contributed by atoms with Gasteiger partial charge in [0.1, 0.15) is 11.6 Å². The zero-order valence-corrected chi connectivity index (χ0v) is 36.6. The smallest absolute Gasteiger partial charge is 0.358 e. The first-order valence-corrected chi connectivity index (χ1v) is 21.8. The molecule has 0 saturated carbocycles. The van der Waals surface area contributed by atoms with E-state index in [4.69, 9.17) is 23.1 Å². The van der Waals surface area contributed by atoms with E-state index in [0.717, 1.165) is 33.4 Å². The fraction of sp³-hybridized carbons (Fsp3) is 0.0882. The summed E-state index contributed by atoms with van der Waals surface area (Å²) in [5.41, 5.74) is 17.6. The van der Waals surface area contributed by atoms with Gasteiger partial charge in [-0.1, -0.05) is 24.8 Å². The molecular weight excluding hydrogens is 1100 g/mol. The molecule has 0 bridgehead atoms. The highest BCUT2D eigenvalue weighted by Crippen LogP contribution is 2.26. The normalized spacial score (nSPS) is 9.87. The van der Waals surface area contributed by atoms with Crippen molar-refractivity contribution in [2.45, 2.75) is 13.8 Å². The highest BCUT2D eigenvalue weighted by Gasteiger charge is 2.16. The van der Waals surface area contributed by atoms with Crippen LogP contribution in [0.2, 0.25) is 5.15 Å². The fourth-order valence-corrected chi connectivity index (χ4v) is 4.69. The number of allylic oxidation sites excluding steroid dienone is 2. The summed E-state index contributed by atoms with van der Waals surface area (Å²) in [6.07, 6.45) is 1.50. The molecule has 0 radical (unpaired) electrons. The number of halogens is 7. The minimum absolute atomic E-state index is 0. The van der Waals surface area contributed by atoms with Crippen molar-refractivity contribution in [3.63, 3.8) is 0 Å². The maximum atomic E-state index is 13.1. The number of nitrogen functional groups attached to an aromatic ring is 2. The largest absolute Gasteiger partial charge is 0.464 e. The summed E-state index contributed by atoms with van der Waals surface area (Å²) in [6, 6.07) is 17.3. The van der Waals surface area contributed by atoms with Crippen LogP contribution in [-0.2, 0) is 4.74 Å². The van der Waals surface area contributed by atoms with Crippen molar-refractivity contribution in [2.75, 3.05) is 18.6 Å². The second kappa shape index (κ2) is 21.3. The fourth-order valence-electron chi connectivity index (χ4n) is 4.12. The second-order valence-corrected chi connectivity index (χ2v) is 11.6. The molecule has 4 aromatic heterocycles. The van der Waals surface area contributed by atoms with Crippen LogP contribution in [0.5, 0.6) is 0 Å². The van der Waals surface area contributed by atoms with Crippen molar-refractivity contribution < 1.29 is 18.3 Å². The van der Waals surface area contributed by atoms with Gasteiger partial charge in [-0.05, 0) is 108 Å². The quantitative estimate of drug-likeness (QED) is 0.126. The van der Waals surface area contributed by atoms with E-state index < -0.39 is 5.97 Å². The highest BCUT2D eigenvalue weighted by atomic mass is 128. The predicted octanol–water partition coefficient (Wildman–Crippen LogP) is 10.1. The number of carbonyl (C=O) groups excluding carboxylic acids is 1. The highest BCUT2D eigenvalue weighted by molar-refractivity contribution is 15.0. The number of hydrogen-bond acceptors (Lipinski definition) is 10. The Kier molecular flexibility index (Phi) is 18.4. The van der Waals surface area contributed by atoms with Crippen molar-refractivity contribution in [1.82, 2.24) is 35.0 Å². The van der Waals surface area contributed by atoms with Gasteiger partial charge in [0.2, 0.25) is 0 Å². The maximum Gasteiger partial charge on any atom is 0.358 e. The van der Waals surface area contributed by atoms with E-state index in [1.165, 1.54) is 42.1 Å². The number of fused-ring (bicyclic) bond motifs is 1. The van der Waals surface area contributed by atoms with Crippen molar-refractivity contribution in [3.8, 4) is 22.5 Å². The Bertz CT molecular complexity index is 2180. The Morgan fingerprint density at radius 2 is 1.33 bits per heavy atom. The summed E-state index contributed by atoms with van der Waals surface area (Å²) in [5.74, 6) is -0.433. The Morgan fingerprint density at radius 3 is 1.81 bits per heavy atom. The molecule has 4 N–H and O–H groups in total.